The molecular weight excluding hydrogens is 302 g/mol. The van der Waals surface area contributed by atoms with Gasteiger partial charge in [-0.1, -0.05) is 18.0 Å². The SMILES string of the molecule is CCOC(=O)c1c2n(c3cc(Cl)ccc3c1=O)CCCCC2. The van der Waals surface area contributed by atoms with Gasteiger partial charge in [0.2, 0.25) is 5.43 Å². The first kappa shape index (κ1) is 15.1. The summed E-state index contributed by atoms with van der Waals surface area (Å²) >= 11 is 6.10. The fourth-order valence-electron chi connectivity index (χ4n) is 3.13. The number of aromatic nitrogens is 1. The lowest BCUT2D eigenvalue weighted by Gasteiger charge is -2.17. The maximum absolute atomic E-state index is 12.8. The van der Waals surface area contributed by atoms with Gasteiger partial charge in [-0.15, -0.1) is 0 Å². The normalized spacial score (nSPS) is 14.5. The van der Waals surface area contributed by atoms with Gasteiger partial charge in [-0.25, -0.2) is 4.79 Å². The Hall–Kier alpha value is -1.81. The summed E-state index contributed by atoms with van der Waals surface area (Å²) in [7, 11) is 0. The van der Waals surface area contributed by atoms with Gasteiger partial charge in [-0.05, 0) is 44.4 Å². The molecule has 0 amide bonds. The van der Waals surface area contributed by atoms with Crippen LogP contribution in [0.25, 0.3) is 10.9 Å². The number of carbonyl (C=O) groups is 1. The topological polar surface area (TPSA) is 48.3 Å². The second-order valence-electron chi connectivity index (χ2n) is 5.50. The zero-order valence-electron chi connectivity index (χ0n) is 12.5. The molecule has 1 aliphatic heterocycles. The largest absolute Gasteiger partial charge is 0.462 e. The predicted molar refractivity (Wildman–Crippen MR) is 86.7 cm³/mol. The van der Waals surface area contributed by atoms with Gasteiger partial charge in [-0.3, -0.25) is 4.79 Å². The summed E-state index contributed by atoms with van der Waals surface area (Å²) in [6.07, 6.45) is 3.80. The Labute approximate surface area is 133 Å². The van der Waals surface area contributed by atoms with Crippen molar-refractivity contribution in [2.75, 3.05) is 6.61 Å². The van der Waals surface area contributed by atoms with Gasteiger partial charge in [0, 0.05) is 22.6 Å². The van der Waals surface area contributed by atoms with Crippen LogP contribution < -0.4 is 5.43 Å². The first-order valence-electron chi connectivity index (χ1n) is 7.65. The van der Waals surface area contributed by atoms with E-state index in [0.717, 1.165) is 37.0 Å². The third-order valence-corrected chi connectivity index (χ3v) is 4.35. The average Bonchev–Trinajstić information content (AvgIpc) is 2.73. The van der Waals surface area contributed by atoms with Crippen LogP contribution in [-0.2, 0) is 17.7 Å². The van der Waals surface area contributed by atoms with Crippen LogP contribution in [0.2, 0.25) is 5.02 Å². The van der Waals surface area contributed by atoms with Crippen LogP contribution in [0.1, 0.15) is 42.2 Å². The van der Waals surface area contributed by atoms with E-state index in [1.54, 1.807) is 19.1 Å². The summed E-state index contributed by atoms with van der Waals surface area (Å²) < 4.78 is 7.18. The molecule has 0 saturated carbocycles. The summed E-state index contributed by atoms with van der Waals surface area (Å²) in [5.41, 5.74) is 1.54. The molecule has 0 spiro atoms. The monoisotopic (exact) mass is 319 g/mol. The Morgan fingerprint density at radius 3 is 2.91 bits per heavy atom. The van der Waals surface area contributed by atoms with Crippen molar-refractivity contribution < 1.29 is 9.53 Å². The molecule has 0 radical (unpaired) electrons. The van der Waals surface area contributed by atoms with Crippen LogP contribution in [0.3, 0.4) is 0 Å². The fraction of sp³-hybridized carbons (Fsp3) is 0.412. The summed E-state index contributed by atoms with van der Waals surface area (Å²) in [6, 6.07) is 5.19. The lowest BCUT2D eigenvalue weighted by atomic mass is 10.0. The molecule has 0 fully saturated rings. The van der Waals surface area contributed by atoms with E-state index in [-0.39, 0.29) is 17.6 Å². The van der Waals surface area contributed by atoms with Crippen LogP contribution in [0, 0.1) is 0 Å². The van der Waals surface area contributed by atoms with Crippen molar-refractivity contribution in [3.05, 3.63) is 44.7 Å². The quantitative estimate of drug-likeness (QED) is 0.795. The minimum atomic E-state index is -0.519. The number of carbonyl (C=O) groups excluding carboxylic acids is 1. The molecule has 1 aliphatic rings. The van der Waals surface area contributed by atoms with E-state index in [0.29, 0.717) is 16.8 Å². The second kappa shape index (κ2) is 6.13. The van der Waals surface area contributed by atoms with E-state index < -0.39 is 5.97 Å². The number of rotatable bonds is 2. The predicted octanol–water partition coefficient (Wildman–Crippen LogP) is 3.56. The highest BCUT2D eigenvalue weighted by Crippen LogP contribution is 2.25. The number of fused-ring (bicyclic) bond motifs is 3. The number of benzene rings is 1. The summed E-state index contributed by atoms with van der Waals surface area (Å²) in [6.45, 7) is 2.80. The van der Waals surface area contributed by atoms with Crippen molar-refractivity contribution in [3.63, 3.8) is 0 Å². The molecule has 2 heterocycles. The molecule has 0 atom stereocenters. The van der Waals surface area contributed by atoms with E-state index in [1.807, 2.05) is 6.07 Å². The van der Waals surface area contributed by atoms with E-state index in [1.165, 1.54) is 0 Å². The molecular formula is C17H18ClNO3. The first-order valence-corrected chi connectivity index (χ1v) is 8.03. The van der Waals surface area contributed by atoms with Crippen LogP contribution >= 0.6 is 11.6 Å². The maximum Gasteiger partial charge on any atom is 0.343 e. The number of pyridine rings is 1. The summed E-state index contributed by atoms with van der Waals surface area (Å²) in [5.74, 6) is -0.519. The zero-order chi connectivity index (χ0) is 15.7. The summed E-state index contributed by atoms with van der Waals surface area (Å²) in [5, 5.41) is 1.12. The van der Waals surface area contributed by atoms with Crippen LogP contribution in [0.4, 0.5) is 0 Å². The number of hydrogen-bond donors (Lipinski definition) is 0. The highest BCUT2D eigenvalue weighted by Gasteiger charge is 2.24. The molecule has 0 saturated heterocycles. The number of hydrogen-bond acceptors (Lipinski definition) is 3. The molecule has 0 bridgehead atoms. The third-order valence-electron chi connectivity index (χ3n) is 4.11. The Kier molecular flexibility index (Phi) is 4.21. The minimum absolute atomic E-state index is 0.193. The van der Waals surface area contributed by atoms with Gasteiger partial charge in [0.25, 0.3) is 0 Å². The molecule has 1 aromatic carbocycles. The molecule has 0 aliphatic carbocycles. The Morgan fingerprint density at radius 2 is 2.14 bits per heavy atom. The molecule has 116 valence electrons. The Balaban J connectivity index is 2.37. The third kappa shape index (κ3) is 2.52. The highest BCUT2D eigenvalue weighted by molar-refractivity contribution is 6.31. The van der Waals surface area contributed by atoms with Crippen LogP contribution in [0.15, 0.2) is 23.0 Å². The van der Waals surface area contributed by atoms with Crippen molar-refractivity contribution in [2.24, 2.45) is 0 Å². The number of halogens is 1. The lowest BCUT2D eigenvalue weighted by molar-refractivity contribution is 0.0522. The van der Waals surface area contributed by atoms with Crippen molar-refractivity contribution in [2.45, 2.75) is 39.2 Å². The average molecular weight is 320 g/mol. The van der Waals surface area contributed by atoms with Crippen LogP contribution in [0.5, 0.6) is 0 Å². The van der Waals surface area contributed by atoms with Gasteiger partial charge < -0.3 is 9.30 Å². The number of nitrogens with zero attached hydrogens (tertiary/aromatic N) is 1. The van der Waals surface area contributed by atoms with Gasteiger partial charge in [0.05, 0.1) is 12.1 Å². The van der Waals surface area contributed by atoms with Crippen molar-refractivity contribution in [3.8, 4) is 0 Å². The van der Waals surface area contributed by atoms with Crippen molar-refractivity contribution in [1.82, 2.24) is 4.57 Å². The number of ether oxygens (including phenoxy) is 1. The maximum atomic E-state index is 12.8. The molecule has 22 heavy (non-hydrogen) atoms. The molecule has 1 aromatic heterocycles. The fourth-order valence-corrected chi connectivity index (χ4v) is 3.30. The molecule has 5 heteroatoms. The van der Waals surface area contributed by atoms with Gasteiger partial charge >= 0.3 is 5.97 Å². The van der Waals surface area contributed by atoms with E-state index in [2.05, 4.69) is 4.57 Å². The van der Waals surface area contributed by atoms with Crippen molar-refractivity contribution in [1.29, 1.82) is 0 Å². The van der Waals surface area contributed by atoms with Gasteiger partial charge in [0.1, 0.15) is 5.56 Å². The van der Waals surface area contributed by atoms with Crippen molar-refractivity contribution >= 4 is 28.5 Å². The van der Waals surface area contributed by atoms with Crippen LogP contribution in [-0.4, -0.2) is 17.1 Å². The minimum Gasteiger partial charge on any atom is -0.462 e. The molecule has 0 N–H and O–H groups in total. The van der Waals surface area contributed by atoms with Gasteiger partial charge in [0.15, 0.2) is 0 Å². The van der Waals surface area contributed by atoms with Gasteiger partial charge in [-0.2, -0.15) is 0 Å². The summed E-state index contributed by atoms with van der Waals surface area (Å²) in [4.78, 5) is 25.1. The molecule has 3 rings (SSSR count). The van der Waals surface area contributed by atoms with E-state index in [9.17, 15) is 9.59 Å². The molecule has 2 aromatic rings. The first-order chi connectivity index (χ1) is 10.6. The number of aryl methyl sites for hydroxylation is 1. The Bertz CT molecular complexity index is 795. The molecule has 4 nitrogen and oxygen atoms in total. The smallest absolute Gasteiger partial charge is 0.343 e. The zero-order valence-corrected chi connectivity index (χ0v) is 13.3. The second-order valence-corrected chi connectivity index (χ2v) is 5.93. The van der Waals surface area contributed by atoms with E-state index in [4.69, 9.17) is 16.3 Å². The molecule has 0 unspecified atom stereocenters. The standard InChI is InChI=1S/C17H18ClNO3/c1-2-22-17(21)15-13-6-4-3-5-9-19(13)14-10-11(18)7-8-12(14)16(15)20/h7-8,10H,2-6,9H2,1H3. The highest BCUT2D eigenvalue weighted by atomic mass is 35.5. The number of esters is 1. The van der Waals surface area contributed by atoms with E-state index >= 15 is 0 Å². The Morgan fingerprint density at radius 1 is 1.32 bits per heavy atom. The lowest BCUT2D eigenvalue weighted by Crippen LogP contribution is -2.25.